The fourth-order valence-corrected chi connectivity index (χ4v) is 3.01. The monoisotopic (exact) mass is 251 g/mol. The summed E-state index contributed by atoms with van der Waals surface area (Å²) in [4.78, 5) is 2.59. The fourth-order valence-electron chi connectivity index (χ4n) is 3.01. The van der Waals surface area contributed by atoms with Crippen molar-refractivity contribution in [2.75, 3.05) is 0 Å². The summed E-state index contributed by atoms with van der Waals surface area (Å²) in [6, 6.07) is 20.1. The van der Waals surface area contributed by atoms with Gasteiger partial charge < -0.3 is 0 Å². The molecule has 1 aliphatic rings. The number of hydrogen-bond donors (Lipinski definition) is 0. The second-order valence-corrected chi connectivity index (χ2v) is 6.31. The number of fused-ring (bicyclic) bond motifs is 1. The van der Waals surface area contributed by atoms with E-state index in [-0.39, 0.29) is 5.54 Å². The van der Waals surface area contributed by atoms with Gasteiger partial charge in [-0.3, -0.25) is 4.90 Å². The van der Waals surface area contributed by atoms with Gasteiger partial charge in [-0.25, -0.2) is 0 Å². The van der Waals surface area contributed by atoms with E-state index in [9.17, 15) is 0 Å². The highest BCUT2D eigenvalue weighted by Gasteiger charge is 2.37. The van der Waals surface area contributed by atoms with Gasteiger partial charge in [-0.1, -0.05) is 54.6 Å². The van der Waals surface area contributed by atoms with Crippen LogP contribution in [0.2, 0.25) is 0 Å². The van der Waals surface area contributed by atoms with E-state index in [0.29, 0.717) is 6.04 Å². The van der Waals surface area contributed by atoms with Crippen molar-refractivity contribution in [1.29, 1.82) is 0 Å². The van der Waals surface area contributed by atoms with E-state index in [2.05, 4.69) is 80.3 Å². The summed E-state index contributed by atoms with van der Waals surface area (Å²) >= 11 is 0. The van der Waals surface area contributed by atoms with E-state index in [4.69, 9.17) is 0 Å². The highest BCUT2D eigenvalue weighted by molar-refractivity contribution is 5.41. The minimum atomic E-state index is 0.166. The van der Waals surface area contributed by atoms with Crippen molar-refractivity contribution in [2.45, 2.75) is 38.9 Å². The normalized spacial score (nSPS) is 19.4. The molecule has 0 N–H and O–H groups in total. The number of nitrogens with zero attached hydrogens (tertiary/aromatic N) is 1. The number of benzene rings is 2. The first-order valence-corrected chi connectivity index (χ1v) is 6.97. The second-order valence-electron chi connectivity index (χ2n) is 6.31. The van der Waals surface area contributed by atoms with Crippen molar-refractivity contribution in [1.82, 2.24) is 4.90 Å². The molecule has 0 radical (unpaired) electrons. The molecule has 0 fully saturated rings. The minimum absolute atomic E-state index is 0.166. The highest BCUT2D eigenvalue weighted by Crippen LogP contribution is 2.42. The van der Waals surface area contributed by atoms with Crippen LogP contribution in [-0.4, -0.2) is 10.4 Å². The van der Waals surface area contributed by atoms with Crippen molar-refractivity contribution >= 4 is 0 Å². The molecule has 0 bridgehead atoms. The molecule has 0 aromatic heterocycles. The molecule has 0 saturated carbocycles. The predicted octanol–water partition coefficient (Wildman–Crippen LogP) is 4.39. The molecular weight excluding hydrogens is 230 g/mol. The molecule has 0 saturated heterocycles. The van der Waals surface area contributed by atoms with Gasteiger partial charge in [0.15, 0.2) is 0 Å². The van der Waals surface area contributed by atoms with Gasteiger partial charge in [-0.05, 0) is 37.5 Å². The van der Waals surface area contributed by atoms with Crippen LogP contribution in [-0.2, 0) is 6.54 Å². The molecule has 0 spiro atoms. The van der Waals surface area contributed by atoms with Crippen molar-refractivity contribution in [3.63, 3.8) is 0 Å². The van der Waals surface area contributed by atoms with Gasteiger partial charge in [0.1, 0.15) is 0 Å². The van der Waals surface area contributed by atoms with Crippen LogP contribution in [0.15, 0.2) is 54.6 Å². The summed E-state index contributed by atoms with van der Waals surface area (Å²) in [5.41, 5.74) is 4.48. The molecule has 1 atom stereocenters. The summed E-state index contributed by atoms with van der Waals surface area (Å²) in [7, 11) is 0. The highest BCUT2D eigenvalue weighted by atomic mass is 15.2. The van der Waals surface area contributed by atoms with E-state index in [1.54, 1.807) is 0 Å². The van der Waals surface area contributed by atoms with Crippen LogP contribution in [0.3, 0.4) is 0 Å². The third-order valence-electron chi connectivity index (χ3n) is 3.98. The molecule has 3 rings (SSSR count). The van der Waals surface area contributed by atoms with Gasteiger partial charge in [0.25, 0.3) is 0 Å². The van der Waals surface area contributed by atoms with Crippen LogP contribution in [0.5, 0.6) is 0 Å². The van der Waals surface area contributed by atoms with Gasteiger partial charge in [-0.2, -0.15) is 0 Å². The van der Waals surface area contributed by atoms with Crippen LogP contribution in [0.4, 0.5) is 0 Å². The zero-order valence-electron chi connectivity index (χ0n) is 11.9. The van der Waals surface area contributed by atoms with Gasteiger partial charge in [0.2, 0.25) is 0 Å². The van der Waals surface area contributed by atoms with Crippen LogP contribution in [0.1, 0.15) is 43.5 Å². The van der Waals surface area contributed by atoms with E-state index in [0.717, 1.165) is 6.54 Å². The van der Waals surface area contributed by atoms with E-state index >= 15 is 0 Å². The lowest BCUT2D eigenvalue weighted by atomic mass is 9.95. The van der Waals surface area contributed by atoms with Gasteiger partial charge >= 0.3 is 0 Å². The molecule has 2 aromatic carbocycles. The van der Waals surface area contributed by atoms with Crippen LogP contribution >= 0.6 is 0 Å². The first-order valence-electron chi connectivity index (χ1n) is 6.97. The molecule has 0 amide bonds. The van der Waals surface area contributed by atoms with E-state index < -0.39 is 0 Å². The van der Waals surface area contributed by atoms with Crippen LogP contribution in [0.25, 0.3) is 0 Å². The third kappa shape index (κ3) is 2.19. The molecule has 1 unspecified atom stereocenters. The Labute approximate surface area is 115 Å². The lowest BCUT2D eigenvalue weighted by Gasteiger charge is -2.37. The maximum Gasteiger partial charge on any atom is 0.0612 e. The largest absolute Gasteiger partial charge is 0.283 e. The average Bonchev–Trinajstić information content (AvgIpc) is 2.79. The standard InChI is InChI=1S/C18H21N/c1-18(2,3)19-13-15-11-7-8-12-16(15)17(19)14-9-5-4-6-10-14/h4-12,17H,13H2,1-3H3. The maximum atomic E-state index is 2.59. The molecular formula is C18H21N. The van der Waals surface area contributed by atoms with Crippen LogP contribution in [0, 0.1) is 0 Å². The molecule has 1 heteroatoms. The van der Waals surface area contributed by atoms with Crippen molar-refractivity contribution in [3.8, 4) is 0 Å². The Bertz CT molecular complexity index is 566. The lowest BCUT2D eigenvalue weighted by Crippen LogP contribution is -2.40. The summed E-state index contributed by atoms with van der Waals surface area (Å²) in [6.07, 6.45) is 0. The number of hydrogen-bond acceptors (Lipinski definition) is 1. The smallest absolute Gasteiger partial charge is 0.0612 e. The van der Waals surface area contributed by atoms with Crippen LogP contribution < -0.4 is 0 Å². The molecule has 1 nitrogen and oxygen atoms in total. The van der Waals surface area contributed by atoms with Gasteiger partial charge in [0, 0.05) is 12.1 Å². The SMILES string of the molecule is CC(C)(C)N1Cc2ccccc2C1c1ccccc1. The molecule has 2 aromatic rings. The summed E-state index contributed by atoms with van der Waals surface area (Å²) in [5.74, 6) is 0. The summed E-state index contributed by atoms with van der Waals surface area (Å²) in [5, 5.41) is 0. The van der Waals surface area contributed by atoms with Crippen molar-refractivity contribution in [3.05, 3.63) is 71.3 Å². The maximum absolute atomic E-state index is 2.59. The lowest BCUT2D eigenvalue weighted by molar-refractivity contribution is 0.110. The average molecular weight is 251 g/mol. The Kier molecular flexibility index (Phi) is 2.94. The molecule has 19 heavy (non-hydrogen) atoms. The molecule has 1 heterocycles. The molecule has 0 aliphatic carbocycles. The first-order chi connectivity index (χ1) is 9.07. The Morgan fingerprint density at radius 1 is 0.895 bits per heavy atom. The van der Waals surface area contributed by atoms with Crippen molar-refractivity contribution in [2.24, 2.45) is 0 Å². The zero-order valence-corrected chi connectivity index (χ0v) is 11.9. The molecule has 1 aliphatic heterocycles. The summed E-state index contributed by atoms with van der Waals surface area (Å²) < 4.78 is 0. The first kappa shape index (κ1) is 12.4. The number of rotatable bonds is 1. The Morgan fingerprint density at radius 2 is 1.53 bits per heavy atom. The summed E-state index contributed by atoms with van der Waals surface area (Å²) in [6.45, 7) is 7.94. The van der Waals surface area contributed by atoms with Gasteiger partial charge in [0.05, 0.1) is 6.04 Å². The van der Waals surface area contributed by atoms with Crippen molar-refractivity contribution < 1.29 is 0 Å². The van der Waals surface area contributed by atoms with E-state index in [1.807, 2.05) is 0 Å². The quantitative estimate of drug-likeness (QED) is 0.726. The van der Waals surface area contributed by atoms with E-state index in [1.165, 1.54) is 16.7 Å². The Balaban J connectivity index is 2.11. The molecule has 98 valence electrons. The predicted molar refractivity (Wildman–Crippen MR) is 80.0 cm³/mol. The minimum Gasteiger partial charge on any atom is -0.283 e. The third-order valence-corrected chi connectivity index (χ3v) is 3.98. The Hall–Kier alpha value is -1.60. The topological polar surface area (TPSA) is 3.24 Å². The fraction of sp³-hybridized carbons (Fsp3) is 0.333. The second kappa shape index (κ2) is 4.50. The Morgan fingerprint density at radius 3 is 2.21 bits per heavy atom. The zero-order chi connectivity index (χ0) is 13.5. The van der Waals surface area contributed by atoms with Gasteiger partial charge in [-0.15, -0.1) is 0 Å².